The van der Waals surface area contributed by atoms with Crippen LogP contribution in [0.5, 0.6) is 17.2 Å². The molecule has 7 heteroatoms. The van der Waals surface area contributed by atoms with Gasteiger partial charge in [-0.3, -0.25) is 0 Å². The molecule has 7 nitrogen and oxygen atoms in total. The van der Waals surface area contributed by atoms with Crippen molar-refractivity contribution in [2.24, 2.45) is 11.8 Å². The van der Waals surface area contributed by atoms with Gasteiger partial charge in [-0.05, 0) is 38.5 Å². The lowest BCUT2D eigenvalue weighted by molar-refractivity contribution is 0.0220. The minimum Gasteiger partial charge on any atom is -0.496 e. The van der Waals surface area contributed by atoms with Crippen LogP contribution in [0.3, 0.4) is 0 Å². The number of benzene rings is 1. The van der Waals surface area contributed by atoms with Crippen molar-refractivity contribution in [2.75, 3.05) is 26.6 Å². The third-order valence-electron chi connectivity index (χ3n) is 6.70. The van der Waals surface area contributed by atoms with Gasteiger partial charge in [0.25, 0.3) is 0 Å². The SMILES string of the molecule is CCC(CC1CC1)Nc1nc(C)nc(C(O)(c2c(OC)cc(OC)cc2OC)C(C)C)c1C. The Morgan fingerprint density at radius 2 is 1.67 bits per heavy atom. The predicted octanol–water partition coefficient (Wildman–Crippen LogP) is 5.00. The number of hydrogen-bond donors (Lipinski definition) is 2. The lowest BCUT2D eigenvalue weighted by Crippen LogP contribution is -2.37. The monoisotopic (exact) mass is 457 g/mol. The molecule has 3 rings (SSSR count). The van der Waals surface area contributed by atoms with E-state index in [-0.39, 0.29) is 5.92 Å². The lowest BCUT2D eigenvalue weighted by Gasteiger charge is -2.36. The molecular weight excluding hydrogens is 418 g/mol. The maximum atomic E-state index is 12.4. The van der Waals surface area contributed by atoms with Gasteiger partial charge in [-0.15, -0.1) is 0 Å². The molecule has 0 radical (unpaired) electrons. The second kappa shape index (κ2) is 10.2. The Morgan fingerprint density at radius 3 is 2.12 bits per heavy atom. The Kier molecular flexibility index (Phi) is 7.73. The van der Waals surface area contributed by atoms with Crippen LogP contribution in [0.15, 0.2) is 12.1 Å². The standard InChI is InChI=1S/C26H39N3O4/c1-9-19(12-18-10-11-18)29-25-16(4)24(27-17(5)28-25)26(30,15(2)3)23-21(32-7)13-20(31-6)14-22(23)33-8/h13-15,18-19,30H,9-12H2,1-8H3,(H,27,28,29). The van der Waals surface area contributed by atoms with Gasteiger partial charge in [0.05, 0.1) is 32.6 Å². The number of hydrogen-bond acceptors (Lipinski definition) is 7. The molecule has 1 saturated carbocycles. The van der Waals surface area contributed by atoms with Gasteiger partial charge < -0.3 is 24.6 Å². The maximum Gasteiger partial charge on any atom is 0.141 e. The fourth-order valence-corrected chi connectivity index (χ4v) is 4.48. The molecule has 1 aliphatic rings. The summed E-state index contributed by atoms with van der Waals surface area (Å²) in [4.78, 5) is 9.47. The fraction of sp³-hybridized carbons (Fsp3) is 0.615. The quantitative estimate of drug-likeness (QED) is 0.491. The Morgan fingerprint density at radius 1 is 1.06 bits per heavy atom. The number of aliphatic hydroxyl groups is 1. The van der Waals surface area contributed by atoms with Crippen molar-refractivity contribution in [2.45, 2.75) is 71.9 Å². The molecule has 0 amide bonds. The number of ether oxygens (including phenoxy) is 3. The van der Waals surface area contributed by atoms with Gasteiger partial charge in [0.2, 0.25) is 0 Å². The van der Waals surface area contributed by atoms with Crippen LogP contribution in [0.25, 0.3) is 0 Å². The van der Waals surface area contributed by atoms with E-state index in [0.717, 1.165) is 30.1 Å². The summed E-state index contributed by atoms with van der Waals surface area (Å²) in [6.45, 7) is 9.96. The van der Waals surface area contributed by atoms with E-state index in [4.69, 9.17) is 24.2 Å². The van der Waals surface area contributed by atoms with Gasteiger partial charge in [-0.25, -0.2) is 9.97 Å². The van der Waals surface area contributed by atoms with E-state index in [1.807, 2.05) is 27.7 Å². The van der Waals surface area contributed by atoms with Crippen molar-refractivity contribution >= 4 is 5.82 Å². The number of aromatic nitrogens is 2. The number of aryl methyl sites for hydroxylation is 1. The van der Waals surface area contributed by atoms with Crippen molar-refractivity contribution in [1.29, 1.82) is 0 Å². The second-order valence-electron chi connectivity index (χ2n) is 9.35. The summed E-state index contributed by atoms with van der Waals surface area (Å²) in [6, 6.07) is 3.86. The van der Waals surface area contributed by atoms with Crippen molar-refractivity contribution < 1.29 is 19.3 Å². The average molecular weight is 458 g/mol. The molecule has 0 saturated heterocycles. The third-order valence-corrected chi connectivity index (χ3v) is 6.70. The summed E-state index contributed by atoms with van der Waals surface area (Å²) in [5.74, 6) is 3.50. The van der Waals surface area contributed by atoms with E-state index in [1.165, 1.54) is 12.8 Å². The number of methoxy groups -OCH3 is 3. The van der Waals surface area contributed by atoms with Gasteiger partial charge in [0, 0.05) is 23.7 Å². The molecule has 1 fully saturated rings. The third kappa shape index (κ3) is 5.03. The van der Waals surface area contributed by atoms with Gasteiger partial charge >= 0.3 is 0 Å². The van der Waals surface area contributed by atoms with Crippen LogP contribution in [-0.4, -0.2) is 42.4 Å². The van der Waals surface area contributed by atoms with Crippen LogP contribution in [0.2, 0.25) is 0 Å². The highest BCUT2D eigenvalue weighted by molar-refractivity contribution is 5.59. The molecule has 2 aromatic rings. The zero-order chi connectivity index (χ0) is 24.3. The van der Waals surface area contributed by atoms with Crippen molar-refractivity contribution in [3.05, 3.63) is 34.8 Å². The predicted molar refractivity (Wildman–Crippen MR) is 130 cm³/mol. The van der Waals surface area contributed by atoms with Crippen LogP contribution in [0, 0.1) is 25.7 Å². The normalized spacial score (nSPS) is 16.3. The van der Waals surface area contributed by atoms with E-state index in [1.54, 1.807) is 33.5 Å². The van der Waals surface area contributed by atoms with E-state index in [0.29, 0.717) is 40.4 Å². The fourth-order valence-electron chi connectivity index (χ4n) is 4.48. The van der Waals surface area contributed by atoms with Crippen LogP contribution in [0.4, 0.5) is 5.82 Å². The first-order chi connectivity index (χ1) is 15.7. The van der Waals surface area contributed by atoms with E-state index in [9.17, 15) is 5.11 Å². The molecule has 1 aliphatic carbocycles. The Labute approximate surface area is 197 Å². The first-order valence-corrected chi connectivity index (χ1v) is 11.8. The Bertz CT molecular complexity index is 949. The van der Waals surface area contributed by atoms with Gasteiger partial charge in [0.15, 0.2) is 0 Å². The van der Waals surface area contributed by atoms with Gasteiger partial charge in [0.1, 0.15) is 34.5 Å². The average Bonchev–Trinajstić information content (AvgIpc) is 3.62. The van der Waals surface area contributed by atoms with Crippen molar-refractivity contribution in [3.8, 4) is 17.2 Å². The van der Waals surface area contributed by atoms with E-state index in [2.05, 4.69) is 12.2 Å². The van der Waals surface area contributed by atoms with Gasteiger partial charge in [-0.1, -0.05) is 33.6 Å². The zero-order valence-electron chi connectivity index (χ0n) is 21.3. The summed E-state index contributed by atoms with van der Waals surface area (Å²) in [5.41, 5.74) is 0.428. The van der Waals surface area contributed by atoms with Crippen molar-refractivity contribution in [1.82, 2.24) is 9.97 Å². The molecular formula is C26H39N3O4. The molecule has 2 N–H and O–H groups in total. The largest absolute Gasteiger partial charge is 0.496 e. The van der Waals surface area contributed by atoms with Crippen LogP contribution < -0.4 is 19.5 Å². The number of nitrogens with one attached hydrogen (secondary N) is 1. The van der Waals surface area contributed by atoms with E-state index >= 15 is 0 Å². The molecule has 1 aromatic heterocycles. The molecule has 2 unspecified atom stereocenters. The zero-order valence-corrected chi connectivity index (χ0v) is 21.3. The lowest BCUT2D eigenvalue weighted by atomic mass is 9.77. The number of rotatable bonds is 11. The van der Waals surface area contributed by atoms with Crippen LogP contribution in [0.1, 0.15) is 69.1 Å². The summed E-state index contributed by atoms with van der Waals surface area (Å²) < 4.78 is 16.8. The molecule has 0 spiro atoms. The summed E-state index contributed by atoms with van der Waals surface area (Å²) in [7, 11) is 4.74. The number of anilines is 1. The molecule has 182 valence electrons. The number of nitrogens with zero attached hydrogens (tertiary/aromatic N) is 2. The Balaban J connectivity index is 2.18. The molecule has 33 heavy (non-hydrogen) atoms. The summed E-state index contributed by atoms with van der Waals surface area (Å²) in [6.07, 6.45) is 4.79. The topological polar surface area (TPSA) is 85.7 Å². The second-order valence-corrected chi connectivity index (χ2v) is 9.35. The minimum atomic E-state index is -1.48. The smallest absolute Gasteiger partial charge is 0.141 e. The Hall–Kier alpha value is -2.54. The molecule has 1 aromatic carbocycles. The first kappa shape index (κ1) is 25.1. The highest BCUT2D eigenvalue weighted by atomic mass is 16.5. The van der Waals surface area contributed by atoms with Gasteiger partial charge in [-0.2, -0.15) is 0 Å². The highest BCUT2D eigenvalue weighted by Crippen LogP contribution is 2.48. The molecule has 0 aliphatic heterocycles. The van der Waals surface area contributed by atoms with E-state index < -0.39 is 5.60 Å². The molecule has 2 atom stereocenters. The summed E-state index contributed by atoms with van der Waals surface area (Å²) in [5, 5.41) is 16.0. The molecule has 0 bridgehead atoms. The maximum absolute atomic E-state index is 12.4. The highest BCUT2D eigenvalue weighted by Gasteiger charge is 2.44. The molecule has 1 heterocycles. The van der Waals surface area contributed by atoms with Crippen LogP contribution in [-0.2, 0) is 5.60 Å². The minimum absolute atomic E-state index is 0.233. The first-order valence-electron chi connectivity index (χ1n) is 11.8. The van der Waals surface area contributed by atoms with Crippen molar-refractivity contribution in [3.63, 3.8) is 0 Å². The summed E-state index contributed by atoms with van der Waals surface area (Å²) >= 11 is 0. The van der Waals surface area contributed by atoms with Crippen LogP contribution >= 0.6 is 0 Å².